The third-order valence-corrected chi connectivity index (χ3v) is 6.68. The highest BCUT2D eigenvalue weighted by Crippen LogP contribution is 2.31. The van der Waals surface area contributed by atoms with E-state index >= 15 is 0 Å². The number of hydrogen-bond donors (Lipinski definition) is 1. The molecule has 1 atom stereocenters. The van der Waals surface area contributed by atoms with Gasteiger partial charge in [0, 0.05) is 6.26 Å². The maximum Gasteiger partial charge on any atom is 0.327 e. The summed E-state index contributed by atoms with van der Waals surface area (Å²) in [6.07, 6.45) is 1.11. The van der Waals surface area contributed by atoms with Gasteiger partial charge in [-0.1, -0.05) is 18.2 Å². The van der Waals surface area contributed by atoms with E-state index in [4.69, 9.17) is 9.47 Å². The normalized spacial score (nSPS) is 12.6. The number of fused-ring (bicyclic) bond motifs is 1. The molecule has 10 heteroatoms. The van der Waals surface area contributed by atoms with Crippen LogP contribution in [0.3, 0.4) is 0 Å². The van der Waals surface area contributed by atoms with E-state index in [0.29, 0.717) is 40.2 Å². The van der Waals surface area contributed by atoms with Crippen LogP contribution >= 0.6 is 0 Å². The number of H-pyrrole nitrogens is 1. The number of imidazole rings is 1. The van der Waals surface area contributed by atoms with Crippen LogP contribution in [0.25, 0.3) is 22.2 Å². The van der Waals surface area contributed by atoms with Gasteiger partial charge in [0.2, 0.25) is 0 Å². The Bertz CT molecular complexity index is 1560. The molecular formula is C25H26FN3O5S. The fraction of sp³-hybridized carbons (Fsp3) is 0.280. The number of aromatic nitrogens is 3. The van der Waals surface area contributed by atoms with Crippen LogP contribution in [0.2, 0.25) is 0 Å². The van der Waals surface area contributed by atoms with Crippen LogP contribution in [-0.4, -0.2) is 48.7 Å². The molecule has 35 heavy (non-hydrogen) atoms. The Balaban J connectivity index is 1.89. The van der Waals surface area contributed by atoms with Crippen LogP contribution in [0.4, 0.5) is 4.39 Å². The molecule has 2 aromatic carbocycles. The minimum absolute atomic E-state index is 0.211. The van der Waals surface area contributed by atoms with Crippen molar-refractivity contribution in [2.24, 2.45) is 0 Å². The summed E-state index contributed by atoms with van der Waals surface area (Å²) in [5, 5.41) is 0. The molecule has 0 aliphatic carbocycles. The first-order valence-electron chi connectivity index (χ1n) is 11.0. The van der Waals surface area contributed by atoms with E-state index in [1.54, 1.807) is 56.3 Å². The third-order valence-electron chi connectivity index (χ3n) is 5.76. The highest BCUT2D eigenvalue weighted by molar-refractivity contribution is 7.90. The number of halogens is 1. The van der Waals surface area contributed by atoms with Gasteiger partial charge in [0.05, 0.1) is 42.2 Å². The van der Waals surface area contributed by atoms with E-state index < -0.39 is 21.6 Å². The lowest BCUT2D eigenvalue weighted by molar-refractivity contribution is 0.296. The summed E-state index contributed by atoms with van der Waals surface area (Å²) >= 11 is 0. The number of hydrogen-bond acceptors (Lipinski definition) is 6. The highest BCUT2D eigenvalue weighted by Gasteiger charge is 2.26. The number of ether oxygens (including phenoxy) is 2. The molecule has 0 amide bonds. The largest absolute Gasteiger partial charge is 0.491 e. The van der Waals surface area contributed by atoms with Crippen LogP contribution in [0.5, 0.6) is 11.6 Å². The highest BCUT2D eigenvalue weighted by atomic mass is 32.2. The first kappa shape index (κ1) is 24.5. The molecule has 0 saturated heterocycles. The summed E-state index contributed by atoms with van der Waals surface area (Å²) < 4.78 is 51.0. The molecular weight excluding hydrogens is 473 g/mol. The van der Waals surface area contributed by atoms with Crippen molar-refractivity contribution in [2.45, 2.75) is 19.9 Å². The van der Waals surface area contributed by atoms with Gasteiger partial charge in [-0.2, -0.15) is 0 Å². The number of pyridine rings is 1. The molecule has 8 nitrogen and oxygen atoms in total. The fourth-order valence-electron chi connectivity index (χ4n) is 4.13. The van der Waals surface area contributed by atoms with Crippen LogP contribution in [-0.2, 0) is 9.84 Å². The van der Waals surface area contributed by atoms with Crippen molar-refractivity contribution in [3.63, 3.8) is 0 Å². The Kier molecular flexibility index (Phi) is 6.66. The molecule has 0 fully saturated rings. The smallest absolute Gasteiger partial charge is 0.327 e. The summed E-state index contributed by atoms with van der Waals surface area (Å²) in [6.45, 7) is 3.82. The minimum atomic E-state index is -3.51. The van der Waals surface area contributed by atoms with Gasteiger partial charge >= 0.3 is 5.69 Å². The Morgan fingerprint density at radius 3 is 2.63 bits per heavy atom. The lowest BCUT2D eigenvalue weighted by Gasteiger charge is -2.19. The number of aromatic amines is 1. The molecule has 2 heterocycles. The SMILES string of the molecule is CCOc1nc(C(CS(C)(=O)=O)n2c(=O)[nH]c3cc(-c4cccc(F)c4C)ccc32)ccc1OC. The lowest BCUT2D eigenvalue weighted by atomic mass is 10.00. The number of sulfone groups is 1. The zero-order valence-corrected chi connectivity index (χ0v) is 20.6. The first-order chi connectivity index (χ1) is 16.6. The van der Waals surface area contributed by atoms with Gasteiger partial charge in [0.15, 0.2) is 5.75 Å². The van der Waals surface area contributed by atoms with Crippen LogP contribution < -0.4 is 15.2 Å². The lowest BCUT2D eigenvalue weighted by Crippen LogP contribution is -2.29. The van der Waals surface area contributed by atoms with E-state index in [-0.39, 0.29) is 17.5 Å². The molecule has 0 spiro atoms. The zero-order chi connectivity index (χ0) is 25.3. The van der Waals surface area contributed by atoms with E-state index in [9.17, 15) is 17.6 Å². The van der Waals surface area contributed by atoms with Crippen LogP contribution in [0, 0.1) is 12.7 Å². The quantitative estimate of drug-likeness (QED) is 0.395. The summed E-state index contributed by atoms with van der Waals surface area (Å²) in [5.74, 6) is -0.0643. The monoisotopic (exact) mass is 499 g/mol. The molecule has 0 radical (unpaired) electrons. The molecule has 0 saturated carbocycles. The van der Waals surface area contributed by atoms with Gasteiger partial charge in [0.1, 0.15) is 15.7 Å². The Morgan fingerprint density at radius 2 is 1.94 bits per heavy atom. The standard InChI is InChI=1S/C25H26FN3O5S/c1-5-34-24-23(33-3)12-10-19(27-24)22(14-35(4,31)32)29-21-11-9-16(13-20(21)28-25(29)30)17-7-6-8-18(26)15(17)2/h6-13,22H,5,14H2,1-4H3,(H,28,30). The van der Waals surface area contributed by atoms with Crippen molar-refractivity contribution >= 4 is 20.9 Å². The summed E-state index contributed by atoms with van der Waals surface area (Å²) in [7, 11) is -2.03. The van der Waals surface area contributed by atoms with Gasteiger partial charge in [-0.05, 0) is 60.9 Å². The van der Waals surface area contributed by atoms with Crippen molar-refractivity contribution in [1.29, 1.82) is 0 Å². The van der Waals surface area contributed by atoms with Gasteiger partial charge < -0.3 is 14.5 Å². The topological polar surface area (TPSA) is 103 Å². The van der Waals surface area contributed by atoms with Crippen molar-refractivity contribution in [2.75, 3.05) is 25.7 Å². The number of benzene rings is 2. The van der Waals surface area contributed by atoms with Crippen molar-refractivity contribution < 1.29 is 22.3 Å². The fourth-order valence-corrected chi connectivity index (χ4v) is 5.02. The molecule has 0 aliphatic heterocycles. The number of methoxy groups -OCH3 is 1. The second-order valence-electron chi connectivity index (χ2n) is 8.23. The molecule has 2 aromatic heterocycles. The van der Waals surface area contributed by atoms with Gasteiger partial charge in [0.25, 0.3) is 5.88 Å². The average Bonchev–Trinajstić information content (AvgIpc) is 3.13. The second-order valence-corrected chi connectivity index (χ2v) is 10.4. The molecule has 1 unspecified atom stereocenters. The maximum absolute atomic E-state index is 14.1. The van der Waals surface area contributed by atoms with E-state index in [0.717, 1.165) is 11.8 Å². The van der Waals surface area contributed by atoms with Crippen molar-refractivity contribution in [3.8, 4) is 22.8 Å². The third kappa shape index (κ3) is 4.93. The van der Waals surface area contributed by atoms with Gasteiger partial charge in [-0.15, -0.1) is 0 Å². The predicted molar refractivity (Wildman–Crippen MR) is 132 cm³/mol. The van der Waals surface area contributed by atoms with E-state index in [1.807, 2.05) is 0 Å². The summed E-state index contributed by atoms with van der Waals surface area (Å²) in [4.78, 5) is 20.4. The summed E-state index contributed by atoms with van der Waals surface area (Å²) in [6, 6.07) is 12.4. The molecule has 0 bridgehead atoms. The van der Waals surface area contributed by atoms with Crippen LogP contribution in [0.15, 0.2) is 53.3 Å². The molecule has 184 valence electrons. The molecule has 0 aliphatic rings. The van der Waals surface area contributed by atoms with Gasteiger partial charge in [-0.3, -0.25) is 4.57 Å². The zero-order valence-electron chi connectivity index (χ0n) is 19.8. The number of rotatable bonds is 8. The van der Waals surface area contributed by atoms with Crippen molar-refractivity contribution in [3.05, 3.63) is 76.1 Å². The molecule has 4 rings (SSSR count). The first-order valence-corrected chi connectivity index (χ1v) is 13.0. The average molecular weight is 500 g/mol. The second kappa shape index (κ2) is 9.53. The van der Waals surface area contributed by atoms with Gasteiger partial charge in [-0.25, -0.2) is 22.6 Å². The summed E-state index contributed by atoms with van der Waals surface area (Å²) in [5.41, 5.74) is 2.76. The maximum atomic E-state index is 14.1. The molecule has 4 aromatic rings. The Hall–Kier alpha value is -3.66. The van der Waals surface area contributed by atoms with E-state index in [2.05, 4.69) is 9.97 Å². The number of nitrogens with one attached hydrogen (secondary N) is 1. The minimum Gasteiger partial charge on any atom is -0.491 e. The van der Waals surface area contributed by atoms with E-state index in [1.165, 1.54) is 17.7 Å². The Labute approximate surface area is 202 Å². The van der Waals surface area contributed by atoms with Crippen LogP contribution in [0.1, 0.15) is 24.2 Å². The predicted octanol–water partition coefficient (Wildman–Crippen LogP) is 3.88. The molecule has 1 N–H and O–H groups in total. The number of nitrogens with zero attached hydrogens (tertiary/aromatic N) is 2. The van der Waals surface area contributed by atoms with Crippen molar-refractivity contribution in [1.82, 2.24) is 14.5 Å². The Morgan fingerprint density at radius 1 is 1.17 bits per heavy atom.